The van der Waals surface area contributed by atoms with Crippen molar-refractivity contribution < 1.29 is 9.53 Å². The molecule has 1 atom stereocenters. The highest BCUT2D eigenvalue weighted by molar-refractivity contribution is 5.84. The number of benzene rings is 2. The van der Waals surface area contributed by atoms with Gasteiger partial charge in [0.1, 0.15) is 5.41 Å². The number of nitrogens with two attached hydrogens (primary N) is 1. The molecule has 0 aliphatic heterocycles. The lowest BCUT2D eigenvalue weighted by Crippen LogP contribution is -2.45. The van der Waals surface area contributed by atoms with Crippen LogP contribution in [-0.2, 0) is 21.4 Å². The summed E-state index contributed by atoms with van der Waals surface area (Å²) in [7, 11) is 1.41. The topological polar surface area (TPSA) is 52.3 Å². The van der Waals surface area contributed by atoms with E-state index in [9.17, 15) is 4.79 Å². The van der Waals surface area contributed by atoms with Gasteiger partial charge in [0.05, 0.1) is 7.11 Å². The Morgan fingerprint density at radius 3 is 2.43 bits per heavy atom. The van der Waals surface area contributed by atoms with Crippen LogP contribution in [-0.4, -0.2) is 19.6 Å². The maximum Gasteiger partial charge on any atom is 0.317 e. The molecule has 1 unspecified atom stereocenters. The molecule has 3 nitrogen and oxygen atoms in total. The monoisotopic (exact) mass is 283 g/mol. The van der Waals surface area contributed by atoms with Gasteiger partial charge >= 0.3 is 5.97 Å². The molecule has 21 heavy (non-hydrogen) atoms. The van der Waals surface area contributed by atoms with Crippen molar-refractivity contribution in [1.29, 1.82) is 0 Å². The molecule has 0 aliphatic carbocycles. The Bertz CT molecular complexity index is 610. The van der Waals surface area contributed by atoms with Crippen LogP contribution in [0.25, 0.3) is 0 Å². The number of methoxy groups -OCH3 is 1. The Balaban J connectivity index is 2.48. The Hall–Kier alpha value is -2.13. The van der Waals surface area contributed by atoms with Crippen LogP contribution in [0.2, 0.25) is 0 Å². The Morgan fingerprint density at radius 2 is 1.86 bits per heavy atom. The maximum atomic E-state index is 12.5. The second kappa shape index (κ2) is 6.55. The van der Waals surface area contributed by atoms with E-state index in [2.05, 4.69) is 6.07 Å². The molecule has 0 radical (unpaired) electrons. The van der Waals surface area contributed by atoms with E-state index in [4.69, 9.17) is 10.5 Å². The average molecular weight is 283 g/mol. The van der Waals surface area contributed by atoms with E-state index >= 15 is 0 Å². The summed E-state index contributed by atoms with van der Waals surface area (Å²) in [4.78, 5) is 12.5. The van der Waals surface area contributed by atoms with E-state index in [1.54, 1.807) is 0 Å². The van der Waals surface area contributed by atoms with Crippen LogP contribution in [0.15, 0.2) is 54.6 Å². The number of esters is 1. The van der Waals surface area contributed by atoms with Crippen LogP contribution < -0.4 is 5.73 Å². The summed E-state index contributed by atoms with van der Waals surface area (Å²) >= 11 is 0. The number of carbonyl (C=O) groups excluding carboxylic acids is 1. The Labute approximate surface area is 125 Å². The predicted octanol–water partition coefficient (Wildman–Crippen LogP) is 2.61. The van der Waals surface area contributed by atoms with Crippen LogP contribution in [0.4, 0.5) is 0 Å². The molecule has 2 rings (SSSR count). The van der Waals surface area contributed by atoms with Gasteiger partial charge in [-0.3, -0.25) is 4.79 Å². The van der Waals surface area contributed by atoms with E-state index in [0.29, 0.717) is 6.42 Å². The Kier molecular flexibility index (Phi) is 4.76. The second-order valence-corrected chi connectivity index (χ2v) is 5.31. The maximum absolute atomic E-state index is 12.5. The fourth-order valence-corrected chi connectivity index (χ4v) is 2.69. The van der Waals surface area contributed by atoms with Crippen molar-refractivity contribution in [3.63, 3.8) is 0 Å². The summed E-state index contributed by atoms with van der Waals surface area (Å²) in [6.07, 6.45) is 0.530. The highest BCUT2D eigenvalue weighted by atomic mass is 16.5. The normalized spacial score (nSPS) is 13.5. The third-order valence-electron chi connectivity index (χ3n) is 3.84. The molecular formula is C18H21NO2. The first-order chi connectivity index (χ1) is 10.1. The number of rotatable bonds is 5. The lowest BCUT2D eigenvalue weighted by Gasteiger charge is -2.30. The molecule has 0 fully saturated rings. The number of hydrogen-bond acceptors (Lipinski definition) is 3. The highest BCUT2D eigenvalue weighted by Crippen LogP contribution is 2.29. The Morgan fingerprint density at radius 1 is 1.14 bits per heavy atom. The molecule has 0 bridgehead atoms. The molecule has 0 spiro atoms. The minimum absolute atomic E-state index is 0.206. The molecule has 0 saturated carbocycles. The van der Waals surface area contributed by atoms with E-state index in [1.807, 2.05) is 55.5 Å². The van der Waals surface area contributed by atoms with E-state index in [0.717, 1.165) is 16.7 Å². The highest BCUT2D eigenvalue weighted by Gasteiger charge is 2.40. The number of carbonyl (C=O) groups is 1. The molecule has 2 N–H and O–H groups in total. The van der Waals surface area contributed by atoms with Crippen molar-refractivity contribution in [2.24, 2.45) is 5.73 Å². The van der Waals surface area contributed by atoms with Crippen LogP contribution >= 0.6 is 0 Å². The molecule has 110 valence electrons. The molecule has 2 aromatic rings. The standard InChI is InChI=1S/C18H21NO2/c1-14-7-6-8-15(11-14)12-18(13-19,17(20)21-2)16-9-4-3-5-10-16/h3-11H,12-13,19H2,1-2H3. The quantitative estimate of drug-likeness (QED) is 0.858. The van der Waals surface area contributed by atoms with Gasteiger partial charge in [-0.15, -0.1) is 0 Å². The number of aryl methyl sites for hydroxylation is 1. The van der Waals surface area contributed by atoms with Gasteiger partial charge in [-0.1, -0.05) is 60.2 Å². The van der Waals surface area contributed by atoms with E-state index in [-0.39, 0.29) is 12.5 Å². The van der Waals surface area contributed by atoms with Gasteiger partial charge in [0.2, 0.25) is 0 Å². The fraction of sp³-hybridized carbons (Fsp3) is 0.278. The van der Waals surface area contributed by atoms with Gasteiger partial charge in [-0.25, -0.2) is 0 Å². The van der Waals surface area contributed by atoms with Gasteiger partial charge in [0, 0.05) is 6.54 Å². The van der Waals surface area contributed by atoms with E-state index < -0.39 is 5.41 Å². The summed E-state index contributed by atoms with van der Waals surface area (Å²) in [6, 6.07) is 17.7. The summed E-state index contributed by atoms with van der Waals surface area (Å²) in [5, 5.41) is 0. The zero-order chi connectivity index (χ0) is 15.3. The van der Waals surface area contributed by atoms with Crippen LogP contribution in [0.3, 0.4) is 0 Å². The second-order valence-electron chi connectivity index (χ2n) is 5.31. The third-order valence-corrected chi connectivity index (χ3v) is 3.84. The van der Waals surface area contributed by atoms with Crippen LogP contribution in [0.1, 0.15) is 16.7 Å². The van der Waals surface area contributed by atoms with Crippen molar-refractivity contribution in [3.05, 3.63) is 71.3 Å². The van der Waals surface area contributed by atoms with Gasteiger partial charge in [-0.05, 0) is 24.5 Å². The van der Waals surface area contributed by atoms with Crippen molar-refractivity contribution in [3.8, 4) is 0 Å². The lowest BCUT2D eigenvalue weighted by molar-refractivity contribution is -0.147. The smallest absolute Gasteiger partial charge is 0.317 e. The van der Waals surface area contributed by atoms with Gasteiger partial charge in [0.25, 0.3) is 0 Å². The minimum atomic E-state index is -0.843. The van der Waals surface area contributed by atoms with Gasteiger partial charge in [-0.2, -0.15) is 0 Å². The zero-order valence-electron chi connectivity index (χ0n) is 12.5. The summed E-state index contributed by atoms with van der Waals surface area (Å²) in [5.41, 5.74) is 8.29. The largest absolute Gasteiger partial charge is 0.468 e. The van der Waals surface area contributed by atoms with Gasteiger partial charge in [0.15, 0.2) is 0 Å². The fourth-order valence-electron chi connectivity index (χ4n) is 2.69. The predicted molar refractivity (Wildman–Crippen MR) is 84.1 cm³/mol. The number of ether oxygens (including phenoxy) is 1. The van der Waals surface area contributed by atoms with Gasteiger partial charge < -0.3 is 10.5 Å². The molecule has 0 aliphatic rings. The van der Waals surface area contributed by atoms with E-state index in [1.165, 1.54) is 7.11 Å². The first kappa shape index (κ1) is 15.3. The first-order valence-electron chi connectivity index (χ1n) is 7.02. The molecule has 3 heteroatoms. The third kappa shape index (κ3) is 3.14. The first-order valence-corrected chi connectivity index (χ1v) is 7.02. The average Bonchev–Trinajstić information content (AvgIpc) is 2.53. The molecule has 2 aromatic carbocycles. The van der Waals surface area contributed by atoms with Crippen molar-refractivity contribution in [2.45, 2.75) is 18.8 Å². The SMILES string of the molecule is COC(=O)C(CN)(Cc1cccc(C)c1)c1ccccc1. The molecular weight excluding hydrogens is 262 g/mol. The molecule has 0 saturated heterocycles. The molecule has 0 aromatic heterocycles. The van der Waals surface area contributed by atoms with Crippen LogP contribution in [0.5, 0.6) is 0 Å². The minimum Gasteiger partial charge on any atom is -0.468 e. The summed E-state index contributed by atoms with van der Waals surface area (Å²) < 4.78 is 5.04. The molecule has 0 amide bonds. The number of hydrogen-bond donors (Lipinski definition) is 1. The van der Waals surface area contributed by atoms with Crippen molar-refractivity contribution in [2.75, 3.05) is 13.7 Å². The summed E-state index contributed by atoms with van der Waals surface area (Å²) in [6.45, 7) is 2.24. The zero-order valence-corrected chi connectivity index (χ0v) is 12.5. The molecule has 0 heterocycles. The lowest BCUT2D eigenvalue weighted by atomic mass is 9.75. The van der Waals surface area contributed by atoms with Crippen molar-refractivity contribution in [1.82, 2.24) is 0 Å². The summed E-state index contributed by atoms with van der Waals surface area (Å²) in [5.74, 6) is -0.294. The van der Waals surface area contributed by atoms with Crippen molar-refractivity contribution >= 4 is 5.97 Å². The van der Waals surface area contributed by atoms with Crippen LogP contribution in [0, 0.1) is 6.92 Å².